The van der Waals surface area contributed by atoms with Crippen LogP contribution < -0.4 is 5.32 Å². The zero-order valence-corrected chi connectivity index (χ0v) is 11.3. The zero-order valence-electron chi connectivity index (χ0n) is 10.5. The van der Waals surface area contributed by atoms with Gasteiger partial charge in [-0.25, -0.2) is 4.98 Å². The summed E-state index contributed by atoms with van der Waals surface area (Å²) in [5, 5.41) is 4.59. The fraction of sp³-hybridized carbons (Fsp3) is 0.667. The van der Waals surface area contributed by atoms with Crippen molar-refractivity contribution in [1.82, 2.24) is 14.9 Å². The number of rotatable bonds is 4. The van der Waals surface area contributed by atoms with Crippen LogP contribution in [0.5, 0.6) is 0 Å². The molecule has 0 saturated heterocycles. The van der Waals surface area contributed by atoms with Gasteiger partial charge in [0.15, 0.2) is 5.17 Å². The lowest BCUT2D eigenvalue weighted by atomic mass is 10.2. The molecule has 1 aromatic rings. The van der Waals surface area contributed by atoms with Crippen molar-refractivity contribution in [2.24, 2.45) is 4.99 Å². The van der Waals surface area contributed by atoms with Gasteiger partial charge in [0.2, 0.25) is 0 Å². The minimum absolute atomic E-state index is 0.381. The minimum Gasteiger partial charge on any atom is -0.361 e. The highest BCUT2D eigenvalue weighted by molar-refractivity contribution is 8.13. The van der Waals surface area contributed by atoms with E-state index >= 15 is 0 Å². The molecule has 5 heteroatoms. The monoisotopic (exact) mass is 252 g/mol. The van der Waals surface area contributed by atoms with Crippen molar-refractivity contribution >= 4 is 16.9 Å². The Kier molecular flexibility index (Phi) is 4.48. The Morgan fingerprint density at radius 1 is 1.65 bits per heavy atom. The molecule has 94 valence electrons. The number of aliphatic imine (C=N–C) groups is 1. The van der Waals surface area contributed by atoms with E-state index in [0.717, 1.165) is 18.1 Å². The van der Waals surface area contributed by atoms with E-state index in [1.807, 2.05) is 30.5 Å². The van der Waals surface area contributed by atoms with Crippen LogP contribution in [0.2, 0.25) is 0 Å². The Labute approximate surface area is 107 Å². The summed E-state index contributed by atoms with van der Waals surface area (Å²) < 4.78 is 2.09. The van der Waals surface area contributed by atoms with E-state index in [9.17, 15) is 0 Å². The van der Waals surface area contributed by atoms with E-state index in [4.69, 9.17) is 4.99 Å². The van der Waals surface area contributed by atoms with Crippen LogP contribution in [0, 0.1) is 0 Å². The maximum Gasteiger partial charge on any atom is 0.157 e. The lowest BCUT2D eigenvalue weighted by Gasteiger charge is -2.22. The number of imidazole rings is 1. The highest BCUT2D eigenvalue weighted by atomic mass is 32.2. The number of thioether (sulfide) groups is 1. The fourth-order valence-electron chi connectivity index (χ4n) is 1.90. The summed E-state index contributed by atoms with van der Waals surface area (Å²) in [5.74, 6) is 1.18. The van der Waals surface area contributed by atoms with Gasteiger partial charge in [-0.1, -0.05) is 18.7 Å². The Bertz CT molecular complexity index is 361. The van der Waals surface area contributed by atoms with Gasteiger partial charge in [0.1, 0.15) is 0 Å². The van der Waals surface area contributed by atoms with E-state index in [0.29, 0.717) is 12.1 Å². The molecule has 1 aliphatic heterocycles. The number of aromatic nitrogens is 2. The van der Waals surface area contributed by atoms with Crippen LogP contribution in [0.25, 0.3) is 0 Å². The number of hydrogen-bond acceptors (Lipinski definition) is 4. The van der Waals surface area contributed by atoms with Gasteiger partial charge in [-0.15, -0.1) is 0 Å². The minimum atomic E-state index is 0.381. The highest BCUT2D eigenvalue weighted by Crippen LogP contribution is 2.18. The first kappa shape index (κ1) is 12.5. The van der Waals surface area contributed by atoms with Crippen molar-refractivity contribution in [3.05, 3.63) is 18.7 Å². The second-order valence-corrected chi connectivity index (χ2v) is 5.52. The van der Waals surface area contributed by atoms with Crippen LogP contribution in [-0.2, 0) is 6.54 Å². The molecule has 0 aliphatic carbocycles. The molecule has 4 nitrogen and oxygen atoms in total. The number of nitrogens with zero attached hydrogens (tertiary/aromatic N) is 3. The summed E-state index contributed by atoms with van der Waals surface area (Å²) in [5.41, 5.74) is 0. The SMILES string of the molecule is CCC1CCSC(NC(C)Cn2ccnc2)=N1. The van der Waals surface area contributed by atoms with Crippen LogP contribution in [0.3, 0.4) is 0 Å². The molecule has 2 unspecified atom stereocenters. The van der Waals surface area contributed by atoms with Gasteiger partial charge in [-0.3, -0.25) is 4.99 Å². The van der Waals surface area contributed by atoms with Gasteiger partial charge >= 0.3 is 0 Å². The van der Waals surface area contributed by atoms with Crippen molar-refractivity contribution < 1.29 is 0 Å². The molecule has 2 atom stereocenters. The molecular weight excluding hydrogens is 232 g/mol. The van der Waals surface area contributed by atoms with E-state index in [2.05, 4.69) is 28.7 Å². The van der Waals surface area contributed by atoms with Crippen molar-refractivity contribution in [3.63, 3.8) is 0 Å². The summed E-state index contributed by atoms with van der Waals surface area (Å²) in [7, 11) is 0. The average molecular weight is 252 g/mol. The molecule has 0 fully saturated rings. The van der Waals surface area contributed by atoms with Crippen molar-refractivity contribution in [1.29, 1.82) is 0 Å². The quantitative estimate of drug-likeness (QED) is 0.892. The van der Waals surface area contributed by atoms with Gasteiger partial charge in [-0.05, 0) is 19.8 Å². The summed E-state index contributed by atoms with van der Waals surface area (Å²) in [6, 6.07) is 0.894. The molecule has 0 radical (unpaired) electrons. The highest BCUT2D eigenvalue weighted by Gasteiger charge is 2.15. The Morgan fingerprint density at radius 2 is 2.53 bits per heavy atom. The van der Waals surface area contributed by atoms with Crippen LogP contribution in [0.15, 0.2) is 23.7 Å². The second kappa shape index (κ2) is 6.10. The molecule has 2 heterocycles. The number of nitrogens with one attached hydrogen (secondary N) is 1. The first-order valence-electron chi connectivity index (χ1n) is 6.20. The van der Waals surface area contributed by atoms with Crippen molar-refractivity contribution in [2.45, 2.75) is 45.3 Å². The van der Waals surface area contributed by atoms with Gasteiger partial charge in [0.25, 0.3) is 0 Å². The zero-order chi connectivity index (χ0) is 12.1. The molecule has 17 heavy (non-hydrogen) atoms. The average Bonchev–Trinajstić information content (AvgIpc) is 2.82. The molecule has 2 rings (SSSR count). The third kappa shape index (κ3) is 3.77. The van der Waals surface area contributed by atoms with Gasteiger partial charge in [0, 0.05) is 30.7 Å². The predicted molar refractivity (Wildman–Crippen MR) is 73.4 cm³/mol. The number of amidine groups is 1. The molecule has 1 aliphatic rings. The molecule has 0 bridgehead atoms. The summed E-state index contributed by atoms with van der Waals surface area (Å²) in [4.78, 5) is 8.76. The fourth-order valence-corrected chi connectivity index (χ4v) is 2.99. The Balaban J connectivity index is 1.85. The lowest BCUT2D eigenvalue weighted by molar-refractivity contribution is 0.543. The number of hydrogen-bond donors (Lipinski definition) is 1. The second-order valence-electron chi connectivity index (χ2n) is 4.44. The molecule has 0 spiro atoms. The van der Waals surface area contributed by atoms with Gasteiger partial charge < -0.3 is 9.88 Å². The maximum absolute atomic E-state index is 4.71. The molecule has 0 saturated carbocycles. The van der Waals surface area contributed by atoms with Crippen molar-refractivity contribution in [2.75, 3.05) is 5.75 Å². The summed E-state index contributed by atoms with van der Waals surface area (Å²) in [6.45, 7) is 5.31. The summed E-state index contributed by atoms with van der Waals surface area (Å²) >= 11 is 1.84. The lowest BCUT2D eigenvalue weighted by Crippen LogP contribution is -2.36. The first-order chi connectivity index (χ1) is 8.28. The third-order valence-electron chi connectivity index (χ3n) is 2.87. The third-order valence-corrected chi connectivity index (χ3v) is 3.81. The van der Waals surface area contributed by atoms with Crippen LogP contribution in [-0.4, -0.2) is 32.6 Å². The molecule has 0 amide bonds. The Morgan fingerprint density at radius 3 is 3.24 bits per heavy atom. The van der Waals surface area contributed by atoms with E-state index in [1.54, 1.807) is 0 Å². The molecule has 1 N–H and O–H groups in total. The largest absolute Gasteiger partial charge is 0.361 e. The van der Waals surface area contributed by atoms with E-state index in [-0.39, 0.29) is 0 Å². The predicted octanol–water partition coefficient (Wildman–Crippen LogP) is 2.13. The molecule has 0 aromatic carbocycles. The van der Waals surface area contributed by atoms with E-state index < -0.39 is 0 Å². The first-order valence-corrected chi connectivity index (χ1v) is 7.19. The normalized spacial score (nSPS) is 22.0. The van der Waals surface area contributed by atoms with Crippen LogP contribution in [0.1, 0.15) is 26.7 Å². The van der Waals surface area contributed by atoms with Crippen LogP contribution >= 0.6 is 11.8 Å². The maximum atomic E-state index is 4.71. The van der Waals surface area contributed by atoms with Gasteiger partial charge in [0.05, 0.1) is 12.4 Å². The smallest absolute Gasteiger partial charge is 0.157 e. The molecular formula is C12H20N4S. The van der Waals surface area contributed by atoms with Gasteiger partial charge in [-0.2, -0.15) is 0 Å². The summed E-state index contributed by atoms with van der Waals surface area (Å²) in [6.07, 6.45) is 8.00. The van der Waals surface area contributed by atoms with E-state index in [1.165, 1.54) is 12.2 Å². The van der Waals surface area contributed by atoms with Crippen molar-refractivity contribution in [3.8, 4) is 0 Å². The Hall–Kier alpha value is -0.970. The topological polar surface area (TPSA) is 42.2 Å². The standard InChI is InChI=1S/C12H20N4S/c1-3-11-4-7-17-12(15-11)14-10(2)8-16-6-5-13-9-16/h5-6,9-11H,3-4,7-8H2,1-2H3,(H,14,15). The molecule has 1 aromatic heterocycles. The van der Waals surface area contributed by atoms with Crippen LogP contribution in [0.4, 0.5) is 0 Å².